The summed E-state index contributed by atoms with van der Waals surface area (Å²) in [4.78, 5) is 18.5. The van der Waals surface area contributed by atoms with Gasteiger partial charge in [-0.1, -0.05) is 6.92 Å². The Kier molecular flexibility index (Phi) is 5.15. The minimum absolute atomic E-state index is 0.100. The van der Waals surface area contributed by atoms with Crippen molar-refractivity contribution in [3.05, 3.63) is 10.6 Å². The van der Waals surface area contributed by atoms with Crippen molar-refractivity contribution in [2.24, 2.45) is 0 Å². The lowest BCUT2D eigenvalue weighted by Gasteiger charge is -2.34. The molecule has 1 fully saturated rings. The van der Waals surface area contributed by atoms with E-state index in [1.54, 1.807) is 30.5 Å². The third-order valence-corrected chi connectivity index (χ3v) is 7.61. The smallest absolute Gasteiger partial charge is 0.357 e. The number of carbonyl (C=O) groups excluding carboxylic acids is 1. The number of hydrogen-bond acceptors (Lipinski definition) is 8. The van der Waals surface area contributed by atoms with E-state index in [-0.39, 0.29) is 11.4 Å². The van der Waals surface area contributed by atoms with Gasteiger partial charge in [-0.3, -0.25) is 0 Å². The van der Waals surface area contributed by atoms with Crippen LogP contribution >= 0.6 is 23.1 Å². The van der Waals surface area contributed by atoms with Gasteiger partial charge in [-0.2, -0.15) is 11.8 Å². The van der Waals surface area contributed by atoms with Gasteiger partial charge >= 0.3 is 5.97 Å². The quantitative estimate of drug-likeness (QED) is 0.763. The third-order valence-electron chi connectivity index (χ3n) is 3.31. The van der Waals surface area contributed by atoms with Gasteiger partial charge in [-0.05, 0) is 6.92 Å². The minimum Gasteiger partial charge on any atom is -0.464 e. The second-order valence-electron chi connectivity index (χ2n) is 4.57. The number of hydrogen-bond donors (Lipinski definition) is 0. The zero-order valence-corrected chi connectivity index (χ0v) is 14.6. The van der Waals surface area contributed by atoms with E-state index in [1.807, 2.05) is 0 Å². The predicted octanol–water partition coefficient (Wildman–Crippen LogP) is 1.55. The van der Waals surface area contributed by atoms with Crippen molar-refractivity contribution < 1.29 is 17.9 Å². The van der Waals surface area contributed by atoms with Gasteiger partial charge in [0.15, 0.2) is 20.7 Å². The molecule has 2 heterocycles. The van der Waals surface area contributed by atoms with Crippen LogP contribution in [0, 0.1) is 6.92 Å². The van der Waals surface area contributed by atoms with E-state index in [9.17, 15) is 13.2 Å². The standard InChI is InChI=1S/C12H18N2O4S3/c1-4-21(16,17)9-7-19-6-5-14(9)12-13-10(8(2)20-12)11(15)18-3/h9H,4-7H2,1-3H3. The Bertz CT molecular complexity index is 626. The van der Waals surface area contributed by atoms with Gasteiger partial charge in [0.1, 0.15) is 5.37 Å². The zero-order chi connectivity index (χ0) is 15.6. The number of carbonyl (C=O) groups is 1. The number of methoxy groups -OCH3 is 1. The first-order valence-corrected chi connectivity index (χ1v) is 10.2. The molecule has 118 valence electrons. The van der Waals surface area contributed by atoms with Gasteiger partial charge in [0.25, 0.3) is 0 Å². The summed E-state index contributed by atoms with van der Waals surface area (Å²) in [5.41, 5.74) is 0.267. The molecule has 0 N–H and O–H groups in total. The first kappa shape index (κ1) is 16.6. The van der Waals surface area contributed by atoms with Crippen LogP contribution < -0.4 is 4.90 Å². The fraction of sp³-hybridized carbons (Fsp3) is 0.667. The maximum atomic E-state index is 12.3. The van der Waals surface area contributed by atoms with E-state index in [0.29, 0.717) is 17.4 Å². The van der Waals surface area contributed by atoms with Crippen molar-refractivity contribution in [1.82, 2.24) is 4.98 Å². The molecule has 1 aliphatic heterocycles. The number of thiazole rings is 1. The average Bonchev–Trinajstić information content (AvgIpc) is 2.88. The monoisotopic (exact) mass is 350 g/mol. The molecule has 0 aromatic carbocycles. The normalized spacial score (nSPS) is 19.6. The van der Waals surface area contributed by atoms with E-state index in [4.69, 9.17) is 4.74 Å². The zero-order valence-electron chi connectivity index (χ0n) is 12.2. The number of esters is 1. The SMILES string of the molecule is CCS(=O)(=O)C1CSCCN1c1nc(C(=O)OC)c(C)s1. The largest absolute Gasteiger partial charge is 0.464 e. The molecule has 0 bridgehead atoms. The van der Waals surface area contributed by atoms with Crippen LogP contribution in [0.4, 0.5) is 5.13 Å². The number of aryl methyl sites for hydroxylation is 1. The predicted molar refractivity (Wildman–Crippen MR) is 86.1 cm³/mol. The van der Waals surface area contributed by atoms with Crippen molar-refractivity contribution in [2.45, 2.75) is 19.2 Å². The third kappa shape index (κ3) is 3.35. The van der Waals surface area contributed by atoms with Crippen LogP contribution in [-0.2, 0) is 14.6 Å². The summed E-state index contributed by atoms with van der Waals surface area (Å²) in [7, 11) is -1.88. The highest BCUT2D eigenvalue weighted by Gasteiger charge is 2.35. The Labute approximate surface area is 132 Å². The molecule has 9 heteroatoms. The fourth-order valence-electron chi connectivity index (χ4n) is 2.08. The summed E-state index contributed by atoms with van der Waals surface area (Å²) in [5, 5.41) is 0.00696. The van der Waals surface area contributed by atoms with Crippen LogP contribution in [0.1, 0.15) is 22.3 Å². The molecule has 0 aliphatic carbocycles. The topological polar surface area (TPSA) is 76.6 Å². The van der Waals surface area contributed by atoms with E-state index >= 15 is 0 Å². The van der Waals surface area contributed by atoms with Crippen molar-refractivity contribution in [3.8, 4) is 0 Å². The average molecular weight is 350 g/mol. The van der Waals surface area contributed by atoms with Gasteiger partial charge in [0.2, 0.25) is 0 Å². The summed E-state index contributed by atoms with van der Waals surface area (Å²) in [5.74, 6) is 0.990. The summed E-state index contributed by atoms with van der Waals surface area (Å²) in [6, 6.07) is 0. The molecular weight excluding hydrogens is 332 g/mol. The van der Waals surface area contributed by atoms with E-state index in [2.05, 4.69) is 4.98 Å². The highest BCUT2D eigenvalue weighted by atomic mass is 32.2. The summed E-state index contributed by atoms with van der Waals surface area (Å²) >= 11 is 2.97. The molecular formula is C12H18N2O4S3. The Balaban J connectivity index is 2.36. The number of ether oxygens (including phenoxy) is 1. The maximum absolute atomic E-state index is 12.3. The number of thioether (sulfide) groups is 1. The Morgan fingerprint density at radius 3 is 2.86 bits per heavy atom. The van der Waals surface area contributed by atoms with Crippen LogP contribution in [0.25, 0.3) is 0 Å². The van der Waals surface area contributed by atoms with Crippen molar-refractivity contribution in [1.29, 1.82) is 0 Å². The number of rotatable bonds is 4. The van der Waals surface area contributed by atoms with Gasteiger partial charge in [-0.15, -0.1) is 11.3 Å². The minimum atomic E-state index is -3.19. The molecule has 0 saturated carbocycles. The molecule has 1 atom stereocenters. The Morgan fingerprint density at radius 2 is 2.24 bits per heavy atom. The molecule has 1 saturated heterocycles. The molecule has 1 aromatic rings. The van der Waals surface area contributed by atoms with Crippen LogP contribution in [0.3, 0.4) is 0 Å². The molecule has 6 nitrogen and oxygen atoms in total. The lowest BCUT2D eigenvalue weighted by Crippen LogP contribution is -2.48. The molecule has 1 aliphatic rings. The molecule has 1 aromatic heterocycles. The molecule has 0 amide bonds. The van der Waals surface area contributed by atoms with Gasteiger partial charge < -0.3 is 9.64 Å². The van der Waals surface area contributed by atoms with Crippen LogP contribution in [-0.4, -0.2) is 55.7 Å². The molecule has 0 spiro atoms. The maximum Gasteiger partial charge on any atom is 0.357 e. The number of aromatic nitrogens is 1. The Hall–Kier alpha value is -0.800. The number of nitrogens with zero attached hydrogens (tertiary/aromatic N) is 2. The summed E-state index contributed by atoms with van der Waals surface area (Å²) < 4.78 is 29.2. The highest BCUT2D eigenvalue weighted by molar-refractivity contribution is 8.01. The van der Waals surface area contributed by atoms with Gasteiger partial charge in [0, 0.05) is 28.7 Å². The Morgan fingerprint density at radius 1 is 1.52 bits per heavy atom. The summed E-state index contributed by atoms with van der Waals surface area (Å²) in [6.45, 7) is 4.05. The lowest BCUT2D eigenvalue weighted by molar-refractivity contribution is 0.0594. The fourth-order valence-corrected chi connectivity index (χ4v) is 6.09. The number of sulfone groups is 1. The van der Waals surface area contributed by atoms with E-state index in [1.165, 1.54) is 18.4 Å². The van der Waals surface area contributed by atoms with E-state index in [0.717, 1.165) is 10.6 Å². The highest BCUT2D eigenvalue weighted by Crippen LogP contribution is 2.32. The van der Waals surface area contributed by atoms with Gasteiger partial charge in [0.05, 0.1) is 7.11 Å². The van der Waals surface area contributed by atoms with Crippen LogP contribution in [0.15, 0.2) is 0 Å². The second-order valence-corrected chi connectivity index (χ2v) is 9.35. The first-order chi connectivity index (χ1) is 9.90. The summed E-state index contributed by atoms with van der Waals surface area (Å²) in [6.07, 6.45) is 0. The molecule has 1 unspecified atom stereocenters. The molecule has 21 heavy (non-hydrogen) atoms. The first-order valence-electron chi connectivity index (χ1n) is 6.52. The van der Waals surface area contributed by atoms with Crippen molar-refractivity contribution >= 4 is 44.0 Å². The van der Waals surface area contributed by atoms with E-state index < -0.39 is 21.2 Å². The van der Waals surface area contributed by atoms with Crippen LogP contribution in [0.5, 0.6) is 0 Å². The number of anilines is 1. The second kappa shape index (κ2) is 6.53. The van der Waals surface area contributed by atoms with Gasteiger partial charge in [-0.25, -0.2) is 18.2 Å². The van der Waals surface area contributed by atoms with Crippen molar-refractivity contribution in [3.63, 3.8) is 0 Å². The molecule has 2 rings (SSSR count). The molecule has 0 radical (unpaired) electrons. The van der Waals surface area contributed by atoms with Crippen LogP contribution in [0.2, 0.25) is 0 Å². The lowest BCUT2D eigenvalue weighted by atomic mass is 10.4. The van der Waals surface area contributed by atoms with Crippen molar-refractivity contribution in [2.75, 3.05) is 35.8 Å².